The van der Waals surface area contributed by atoms with E-state index in [0.29, 0.717) is 54.2 Å². The molecule has 1 saturated heterocycles. The zero-order valence-electron chi connectivity index (χ0n) is 21.4. The lowest BCUT2D eigenvalue weighted by Crippen LogP contribution is -2.41. The van der Waals surface area contributed by atoms with Crippen LogP contribution in [-0.4, -0.2) is 50.7 Å². The van der Waals surface area contributed by atoms with Gasteiger partial charge >= 0.3 is 0 Å². The number of nitrogens with zero attached hydrogens (tertiary/aromatic N) is 1. The van der Waals surface area contributed by atoms with Gasteiger partial charge in [-0.3, -0.25) is 9.59 Å². The lowest BCUT2D eigenvalue weighted by Gasteiger charge is -2.26. The molecule has 7 nitrogen and oxygen atoms in total. The molecule has 3 aromatic rings. The summed E-state index contributed by atoms with van der Waals surface area (Å²) in [5.41, 5.74) is 3.70. The normalized spacial score (nSPS) is 14.8. The fourth-order valence-corrected chi connectivity index (χ4v) is 5.61. The smallest absolute Gasteiger partial charge is 0.255 e. The number of carbonyl (C=O) groups excluding carboxylic acids is 2. The van der Waals surface area contributed by atoms with E-state index >= 15 is 0 Å². The Hall–Kier alpha value is -3.33. The summed E-state index contributed by atoms with van der Waals surface area (Å²) in [7, 11) is -3.44. The number of morpholine rings is 1. The molecular weight excluding hydrogens is 488 g/mol. The predicted molar refractivity (Wildman–Crippen MR) is 144 cm³/mol. The van der Waals surface area contributed by atoms with E-state index in [0.717, 1.165) is 5.56 Å². The highest BCUT2D eigenvalue weighted by Gasteiger charge is 2.24. The van der Waals surface area contributed by atoms with Crippen molar-refractivity contribution in [3.05, 3.63) is 101 Å². The third-order valence-corrected chi connectivity index (χ3v) is 8.17. The van der Waals surface area contributed by atoms with E-state index in [2.05, 4.69) is 26.1 Å². The van der Waals surface area contributed by atoms with Crippen LogP contribution in [0.5, 0.6) is 0 Å². The van der Waals surface area contributed by atoms with Crippen molar-refractivity contribution < 1.29 is 22.7 Å². The number of carbonyl (C=O) groups is 2. The molecule has 194 valence electrons. The first-order valence-electron chi connectivity index (χ1n) is 12.2. The van der Waals surface area contributed by atoms with Crippen LogP contribution in [0.1, 0.15) is 58.2 Å². The van der Waals surface area contributed by atoms with Crippen molar-refractivity contribution in [2.24, 2.45) is 0 Å². The Balaban J connectivity index is 1.41. The van der Waals surface area contributed by atoms with Crippen LogP contribution in [0.2, 0.25) is 0 Å². The molecule has 0 atom stereocenters. The second kappa shape index (κ2) is 11.0. The fourth-order valence-electron chi connectivity index (χ4n) is 4.11. The van der Waals surface area contributed by atoms with Crippen LogP contribution in [0, 0.1) is 0 Å². The topological polar surface area (TPSA) is 92.8 Å². The minimum absolute atomic E-state index is 0.000968. The number of rotatable bonds is 7. The molecule has 1 aliphatic heterocycles. The van der Waals surface area contributed by atoms with Crippen molar-refractivity contribution in [3.8, 4) is 0 Å². The van der Waals surface area contributed by atoms with E-state index in [4.69, 9.17) is 4.74 Å². The maximum Gasteiger partial charge on any atom is 0.255 e. The largest absolute Gasteiger partial charge is 0.379 e. The Kier molecular flexibility index (Phi) is 7.92. The number of hydrogen-bond acceptors (Lipinski definition) is 5. The van der Waals surface area contributed by atoms with Gasteiger partial charge in [0.15, 0.2) is 5.78 Å². The minimum Gasteiger partial charge on any atom is -0.379 e. The van der Waals surface area contributed by atoms with Crippen LogP contribution >= 0.6 is 0 Å². The first-order valence-corrected chi connectivity index (χ1v) is 13.8. The molecule has 0 unspecified atom stereocenters. The standard InChI is InChI=1S/C29H32N2O5S/c1-29(2,3)25-13-11-22(12-14-25)27(32)24-5-4-6-26(19-24)30-28(33)23-9-7-21(8-10-23)20-37(34,35)31-15-17-36-18-16-31/h4-14,19H,15-18,20H2,1-3H3,(H,30,33). The number of nitrogens with one attached hydrogen (secondary N) is 1. The highest BCUT2D eigenvalue weighted by atomic mass is 32.2. The number of benzene rings is 3. The maximum absolute atomic E-state index is 13.0. The summed E-state index contributed by atoms with van der Waals surface area (Å²) in [6.07, 6.45) is 0. The van der Waals surface area contributed by atoms with Gasteiger partial charge in [-0.1, -0.05) is 69.3 Å². The summed E-state index contributed by atoms with van der Waals surface area (Å²) in [6.45, 7) is 7.87. The molecule has 0 aromatic heterocycles. The SMILES string of the molecule is CC(C)(C)c1ccc(C(=O)c2cccc(NC(=O)c3ccc(CS(=O)(=O)N4CCOCC4)cc3)c2)cc1. The van der Waals surface area contributed by atoms with Gasteiger partial charge in [0, 0.05) is 35.5 Å². The van der Waals surface area contributed by atoms with Crippen molar-refractivity contribution >= 4 is 27.4 Å². The maximum atomic E-state index is 13.0. The van der Waals surface area contributed by atoms with E-state index in [1.807, 2.05) is 24.3 Å². The quantitative estimate of drug-likeness (QED) is 0.459. The van der Waals surface area contributed by atoms with Gasteiger partial charge in [-0.2, -0.15) is 4.31 Å². The van der Waals surface area contributed by atoms with Gasteiger partial charge in [-0.15, -0.1) is 0 Å². The zero-order valence-corrected chi connectivity index (χ0v) is 22.2. The van der Waals surface area contributed by atoms with Gasteiger partial charge in [0.1, 0.15) is 0 Å². The first kappa shape index (κ1) is 26.7. The summed E-state index contributed by atoms with van der Waals surface area (Å²) in [6, 6.07) is 20.9. The average molecular weight is 521 g/mol. The molecule has 4 rings (SSSR count). The van der Waals surface area contributed by atoms with Crippen LogP contribution in [0.4, 0.5) is 5.69 Å². The number of ketones is 1. The summed E-state index contributed by atoms with van der Waals surface area (Å²) in [4.78, 5) is 25.8. The van der Waals surface area contributed by atoms with Gasteiger partial charge in [0.25, 0.3) is 5.91 Å². The van der Waals surface area contributed by atoms with Crippen LogP contribution in [-0.2, 0) is 25.9 Å². The lowest BCUT2D eigenvalue weighted by atomic mass is 9.86. The van der Waals surface area contributed by atoms with Crippen LogP contribution < -0.4 is 5.32 Å². The highest BCUT2D eigenvalue weighted by Crippen LogP contribution is 2.23. The van der Waals surface area contributed by atoms with Gasteiger partial charge in [0.05, 0.1) is 19.0 Å². The van der Waals surface area contributed by atoms with Crippen molar-refractivity contribution in [3.63, 3.8) is 0 Å². The van der Waals surface area contributed by atoms with E-state index < -0.39 is 10.0 Å². The third kappa shape index (κ3) is 6.71. The molecule has 1 heterocycles. The number of anilines is 1. The zero-order chi connectivity index (χ0) is 26.6. The number of amides is 1. The Morgan fingerprint density at radius 3 is 2.11 bits per heavy atom. The molecule has 8 heteroatoms. The average Bonchev–Trinajstić information content (AvgIpc) is 2.89. The summed E-state index contributed by atoms with van der Waals surface area (Å²) in [5, 5.41) is 2.82. The van der Waals surface area contributed by atoms with Crippen LogP contribution in [0.25, 0.3) is 0 Å². The van der Waals surface area contributed by atoms with Crippen molar-refractivity contribution in [1.82, 2.24) is 4.31 Å². The molecule has 1 amide bonds. The third-order valence-electron chi connectivity index (χ3n) is 6.32. The van der Waals surface area contributed by atoms with Gasteiger partial charge in [-0.25, -0.2) is 8.42 Å². The molecule has 0 aliphatic carbocycles. The first-order chi connectivity index (χ1) is 17.5. The Bertz CT molecular complexity index is 1370. The van der Waals surface area contributed by atoms with Gasteiger partial charge < -0.3 is 10.1 Å². The summed E-state index contributed by atoms with van der Waals surface area (Å²) < 4.78 is 31.9. The van der Waals surface area contributed by atoms with Crippen molar-refractivity contribution in [2.45, 2.75) is 31.9 Å². The van der Waals surface area contributed by atoms with E-state index in [9.17, 15) is 18.0 Å². The van der Waals surface area contributed by atoms with E-state index in [1.54, 1.807) is 48.5 Å². The molecule has 0 bridgehead atoms. The van der Waals surface area contributed by atoms with Crippen molar-refractivity contribution in [1.29, 1.82) is 0 Å². The monoisotopic (exact) mass is 520 g/mol. The number of hydrogen-bond donors (Lipinski definition) is 1. The molecule has 0 saturated carbocycles. The molecule has 0 spiro atoms. The summed E-state index contributed by atoms with van der Waals surface area (Å²) >= 11 is 0. The molecule has 1 N–H and O–H groups in total. The highest BCUT2D eigenvalue weighted by molar-refractivity contribution is 7.88. The van der Waals surface area contributed by atoms with Crippen molar-refractivity contribution in [2.75, 3.05) is 31.6 Å². The second-order valence-electron chi connectivity index (χ2n) is 10.2. The molecule has 3 aromatic carbocycles. The van der Waals surface area contributed by atoms with Gasteiger partial charge in [-0.05, 0) is 40.8 Å². The summed E-state index contributed by atoms with van der Waals surface area (Å²) in [5.74, 6) is -0.598. The molecule has 1 aliphatic rings. The lowest BCUT2D eigenvalue weighted by molar-refractivity contribution is 0.0729. The van der Waals surface area contributed by atoms with E-state index in [-0.39, 0.29) is 22.9 Å². The predicted octanol–water partition coefficient (Wildman–Crippen LogP) is 4.63. The molecule has 1 fully saturated rings. The number of sulfonamides is 1. The fraction of sp³-hybridized carbons (Fsp3) is 0.310. The molecule has 0 radical (unpaired) electrons. The number of ether oxygens (including phenoxy) is 1. The van der Waals surface area contributed by atoms with E-state index in [1.165, 1.54) is 4.31 Å². The Morgan fingerprint density at radius 2 is 1.49 bits per heavy atom. The second-order valence-corrected chi connectivity index (χ2v) is 12.1. The minimum atomic E-state index is -3.44. The van der Waals surface area contributed by atoms with Gasteiger partial charge in [0.2, 0.25) is 10.0 Å². The Morgan fingerprint density at radius 1 is 0.865 bits per heavy atom. The van der Waals surface area contributed by atoms with Crippen LogP contribution in [0.15, 0.2) is 72.8 Å². The Labute approximate surface area is 218 Å². The van der Waals surface area contributed by atoms with Crippen LogP contribution in [0.3, 0.4) is 0 Å². The molecule has 37 heavy (non-hydrogen) atoms. The molecular formula is C29H32N2O5S.